The second kappa shape index (κ2) is 6.80. The summed E-state index contributed by atoms with van der Waals surface area (Å²) in [5.41, 5.74) is 2.03. The van der Waals surface area contributed by atoms with Gasteiger partial charge in [-0.3, -0.25) is 0 Å². The van der Waals surface area contributed by atoms with Gasteiger partial charge in [0.2, 0.25) is 0 Å². The van der Waals surface area contributed by atoms with E-state index in [0.717, 1.165) is 30.0 Å². The maximum atomic E-state index is 10.8. The molecular weight excluding hydrogens is 204 g/mol. The predicted octanol–water partition coefficient (Wildman–Crippen LogP) is 1.84. The lowest BCUT2D eigenvalue weighted by Gasteiger charge is -2.06. The second-order valence-electron chi connectivity index (χ2n) is 3.40. The first-order valence-electron chi connectivity index (χ1n) is 5.24. The van der Waals surface area contributed by atoms with Gasteiger partial charge in [0.1, 0.15) is 0 Å². The van der Waals surface area contributed by atoms with Crippen molar-refractivity contribution in [3.63, 3.8) is 0 Å². The molecule has 86 valence electrons. The van der Waals surface area contributed by atoms with Crippen molar-refractivity contribution in [1.29, 1.82) is 0 Å². The Kier molecular flexibility index (Phi) is 5.29. The molecule has 0 atom stereocenters. The van der Waals surface area contributed by atoms with E-state index in [9.17, 15) is 4.79 Å². The zero-order valence-corrected chi connectivity index (χ0v) is 9.19. The molecule has 0 spiro atoms. The molecule has 16 heavy (non-hydrogen) atoms. The highest BCUT2D eigenvalue weighted by atomic mass is 16.5. The quantitative estimate of drug-likeness (QED) is 0.452. The summed E-state index contributed by atoms with van der Waals surface area (Å²) in [6.45, 7) is 3.74. The minimum absolute atomic E-state index is 0.0443. The van der Waals surface area contributed by atoms with Crippen LogP contribution in [-0.4, -0.2) is 17.7 Å². The number of carbonyl (C=O) groups is 1. The molecule has 0 amide bonds. The van der Waals surface area contributed by atoms with Crippen LogP contribution >= 0.6 is 0 Å². The van der Waals surface area contributed by atoms with E-state index in [1.165, 1.54) is 0 Å². The van der Waals surface area contributed by atoms with E-state index in [1.54, 1.807) is 0 Å². The SMILES string of the molecule is C=CC(=O)OCCCc1ccccc1CO. The number of aryl methyl sites for hydroxylation is 1. The Labute approximate surface area is 95.4 Å². The molecule has 1 aromatic carbocycles. The van der Waals surface area contributed by atoms with Gasteiger partial charge < -0.3 is 9.84 Å². The van der Waals surface area contributed by atoms with Gasteiger partial charge in [-0.15, -0.1) is 0 Å². The van der Waals surface area contributed by atoms with E-state index in [-0.39, 0.29) is 6.61 Å². The number of ether oxygens (including phenoxy) is 1. The normalized spacial score (nSPS) is 9.81. The number of carbonyl (C=O) groups excluding carboxylic acids is 1. The summed E-state index contributed by atoms with van der Waals surface area (Å²) in [4.78, 5) is 10.8. The highest BCUT2D eigenvalue weighted by Crippen LogP contribution is 2.10. The molecule has 0 bridgehead atoms. The van der Waals surface area contributed by atoms with Crippen LogP contribution in [0.4, 0.5) is 0 Å². The molecule has 0 saturated carbocycles. The highest BCUT2D eigenvalue weighted by Gasteiger charge is 2.01. The molecule has 1 aromatic rings. The molecule has 0 unspecified atom stereocenters. The number of aliphatic hydroxyl groups is 1. The fourth-order valence-electron chi connectivity index (χ4n) is 1.45. The average molecular weight is 220 g/mol. The van der Waals surface area contributed by atoms with Gasteiger partial charge in [-0.2, -0.15) is 0 Å². The Morgan fingerprint density at radius 1 is 1.38 bits per heavy atom. The van der Waals surface area contributed by atoms with Crippen molar-refractivity contribution < 1.29 is 14.6 Å². The van der Waals surface area contributed by atoms with Gasteiger partial charge in [0.05, 0.1) is 13.2 Å². The minimum Gasteiger partial charge on any atom is -0.463 e. The molecule has 0 heterocycles. The number of rotatable bonds is 6. The fraction of sp³-hybridized carbons (Fsp3) is 0.308. The van der Waals surface area contributed by atoms with Crippen LogP contribution in [-0.2, 0) is 22.6 Å². The van der Waals surface area contributed by atoms with Crippen molar-refractivity contribution in [2.45, 2.75) is 19.4 Å². The lowest BCUT2D eigenvalue weighted by Crippen LogP contribution is -2.03. The monoisotopic (exact) mass is 220 g/mol. The molecule has 0 aliphatic heterocycles. The molecule has 3 heteroatoms. The van der Waals surface area contributed by atoms with Crippen LogP contribution in [0.25, 0.3) is 0 Å². The number of esters is 1. The maximum absolute atomic E-state index is 10.8. The first-order chi connectivity index (χ1) is 7.77. The largest absolute Gasteiger partial charge is 0.463 e. The summed E-state index contributed by atoms with van der Waals surface area (Å²) in [7, 11) is 0. The standard InChI is InChI=1S/C13H16O3/c1-2-13(15)16-9-5-8-11-6-3-4-7-12(11)10-14/h2-4,6-7,14H,1,5,8-10H2. The third-order valence-electron chi connectivity index (χ3n) is 2.29. The average Bonchev–Trinajstić information content (AvgIpc) is 2.34. The Morgan fingerprint density at radius 3 is 2.69 bits per heavy atom. The smallest absolute Gasteiger partial charge is 0.330 e. The number of hydrogen-bond donors (Lipinski definition) is 1. The van der Waals surface area contributed by atoms with Gasteiger partial charge in [-0.1, -0.05) is 30.8 Å². The van der Waals surface area contributed by atoms with Crippen LogP contribution in [0, 0.1) is 0 Å². The number of aliphatic hydroxyl groups excluding tert-OH is 1. The summed E-state index contributed by atoms with van der Waals surface area (Å²) in [5, 5.41) is 9.10. The van der Waals surface area contributed by atoms with Crippen molar-refractivity contribution >= 4 is 5.97 Å². The van der Waals surface area contributed by atoms with Crippen LogP contribution in [0.2, 0.25) is 0 Å². The van der Waals surface area contributed by atoms with Crippen molar-refractivity contribution in [1.82, 2.24) is 0 Å². The summed E-state index contributed by atoms with van der Waals surface area (Å²) in [6, 6.07) is 7.70. The summed E-state index contributed by atoms with van der Waals surface area (Å²) < 4.78 is 4.87. The van der Waals surface area contributed by atoms with Crippen molar-refractivity contribution in [2.75, 3.05) is 6.61 Å². The molecule has 3 nitrogen and oxygen atoms in total. The molecule has 0 aliphatic rings. The Balaban J connectivity index is 2.37. The Morgan fingerprint density at radius 2 is 2.06 bits per heavy atom. The van der Waals surface area contributed by atoms with E-state index in [2.05, 4.69) is 6.58 Å². The van der Waals surface area contributed by atoms with Crippen LogP contribution < -0.4 is 0 Å². The third kappa shape index (κ3) is 3.87. The lowest BCUT2D eigenvalue weighted by molar-refractivity contribution is -0.137. The summed E-state index contributed by atoms with van der Waals surface area (Å²) in [6.07, 6.45) is 2.69. The summed E-state index contributed by atoms with van der Waals surface area (Å²) >= 11 is 0. The van der Waals surface area contributed by atoms with Gasteiger partial charge in [-0.25, -0.2) is 4.79 Å². The van der Waals surface area contributed by atoms with Gasteiger partial charge in [0, 0.05) is 6.08 Å². The van der Waals surface area contributed by atoms with Crippen LogP contribution in [0.5, 0.6) is 0 Å². The van der Waals surface area contributed by atoms with Crippen molar-refractivity contribution in [2.24, 2.45) is 0 Å². The van der Waals surface area contributed by atoms with Crippen molar-refractivity contribution in [3.8, 4) is 0 Å². The van der Waals surface area contributed by atoms with Crippen LogP contribution in [0.15, 0.2) is 36.9 Å². The molecular formula is C13H16O3. The molecule has 0 saturated heterocycles. The Bertz CT molecular complexity index is 358. The molecule has 1 N–H and O–H groups in total. The van der Waals surface area contributed by atoms with Gasteiger partial charge >= 0.3 is 5.97 Å². The molecule has 0 radical (unpaired) electrons. The van der Waals surface area contributed by atoms with E-state index >= 15 is 0 Å². The van der Waals surface area contributed by atoms with Crippen LogP contribution in [0.3, 0.4) is 0 Å². The minimum atomic E-state index is -0.393. The first-order valence-corrected chi connectivity index (χ1v) is 5.24. The van der Waals surface area contributed by atoms with Crippen LogP contribution in [0.1, 0.15) is 17.5 Å². The predicted molar refractivity (Wildman–Crippen MR) is 61.8 cm³/mol. The van der Waals surface area contributed by atoms with Gasteiger partial charge in [0.15, 0.2) is 0 Å². The molecule has 1 rings (SSSR count). The van der Waals surface area contributed by atoms with Gasteiger partial charge in [0.25, 0.3) is 0 Å². The van der Waals surface area contributed by atoms with E-state index in [0.29, 0.717) is 6.61 Å². The number of hydrogen-bond acceptors (Lipinski definition) is 3. The molecule has 0 aromatic heterocycles. The third-order valence-corrected chi connectivity index (χ3v) is 2.29. The molecule has 0 fully saturated rings. The number of benzene rings is 1. The highest BCUT2D eigenvalue weighted by molar-refractivity contribution is 5.81. The van der Waals surface area contributed by atoms with Crippen molar-refractivity contribution in [3.05, 3.63) is 48.0 Å². The van der Waals surface area contributed by atoms with E-state index in [1.807, 2.05) is 24.3 Å². The zero-order valence-electron chi connectivity index (χ0n) is 9.19. The second-order valence-corrected chi connectivity index (χ2v) is 3.40. The van der Waals surface area contributed by atoms with E-state index in [4.69, 9.17) is 9.84 Å². The topological polar surface area (TPSA) is 46.5 Å². The van der Waals surface area contributed by atoms with E-state index < -0.39 is 5.97 Å². The fourth-order valence-corrected chi connectivity index (χ4v) is 1.45. The zero-order chi connectivity index (χ0) is 11.8. The molecule has 0 aliphatic carbocycles. The lowest BCUT2D eigenvalue weighted by atomic mass is 10.0. The summed E-state index contributed by atoms with van der Waals surface area (Å²) in [5.74, 6) is -0.393. The Hall–Kier alpha value is -1.61. The maximum Gasteiger partial charge on any atom is 0.330 e. The van der Waals surface area contributed by atoms with Gasteiger partial charge in [-0.05, 0) is 24.0 Å². The first kappa shape index (κ1) is 12.5.